The molecule has 21 heavy (non-hydrogen) atoms. The van der Waals surface area contributed by atoms with Crippen LogP contribution in [-0.2, 0) is 13.1 Å². The Morgan fingerprint density at radius 1 is 1.52 bits per heavy atom. The fraction of sp³-hybridized carbons (Fsp3) is 0.182. The van der Waals surface area contributed by atoms with E-state index in [1.54, 1.807) is 0 Å². The van der Waals surface area contributed by atoms with Gasteiger partial charge in [-0.2, -0.15) is 0 Å². The van der Waals surface area contributed by atoms with Crippen LogP contribution in [0.2, 0.25) is 5.02 Å². The maximum absolute atomic E-state index is 11.0. The second kappa shape index (κ2) is 5.85. The van der Waals surface area contributed by atoms with Crippen molar-refractivity contribution in [1.29, 1.82) is 0 Å². The molecule has 0 unspecified atom stereocenters. The second-order valence-corrected chi connectivity index (χ2v) is 4.52. The van der Waals surface area contributed by atoms with Crippen molar-refractivity contribution in [2.45, 2.75) is 13.1 Å². The predicted octanol–water partition coefficient (Wildman–Crippen LogP) is 1.04. The van der Waals surface area contributed by atoms with E-state index < -0.39 is 10.9 Å². The fourth-order valence-electron chi connectivity index (χ4n) is 1.83. The zero-order valence-electron chi connectivity index (χ0n) is 10.6. The second-order valence-electron chi connectivity index (χ2n) is 4.08. The van der Waals surface area contributed by atoms with E-state index in [9.17, 15) is 14.9 Å². The number of nitro benzene ring substituents is 1. The van der Waals surface area contributed by atoms with Crippen LogP contribution in [0, 0.1) is 10.1 Å². The molecular weight excluding hydrogens is 302 g/mol. The highest BCUT2D eigenvalue weighted by Crippen LogP contribution is 2.24. The zero-order valence-corrected chi connectivity index (χ0v) is 11.3. The molecule has 0 aliphatic heterocycles. The van der Waals surface area contributed by atoms with Gasteiger partial charge in [0, 0.05) is 17.6 Å². The summed E-state index contributed by atoms with van der Waals surface area (Å²) >= 11 is 5.73. The molecule has 2 rings (SSSR count). The summed E-state index contributed by atoms with van der Waals surface area (Å²) in [5.74, 6) is -1.26. The van der Waals surface area contributed by atoms with E-state index in [0.717, 1.165) is 0 Å². The molecular formula is C11H10ClN5O4. The molecule has 2 aromatic rings. The zero-order chi connectivity index (χ0) is 15.6. The van der Waals surface area contributed by atoms with Crippen molar-refractivity contribution in [3.8, 4) is 0 Å². The third-order valence-electron chi connectivity index (χ3n) is 2.80. The lowest BCUT2D eigenvalue weighted by molar-refractivity contribution is -0.385. The summed E-state index contributed by atoms with van der Waals surface area (Å²) in [6.07, 6.45) is 0. The van der Waals surface area contributed by atoms with Crippen LogP contribution in [0.5, 0.6) is 0 Å². The summed E-state index contributed by atoms with van der Waals surface area (Å²) in [6, 6.07) is 4.19. The van der Waals surface area contributed by atoms with Gasteiger partial charge >= 0.3 is 5.97 Å². The van der Waals surface area contributed by atoms with E-state index in [2.05, 4.69) is 10.3 Å². The number of hydrogen-bond acceptors (Lipinski definition) is 6. The molecule has 1 heterocycles. The number of aromatic nitrogens is 3. The van der Waals surface area contributed by atoms with Gasteiger partial charge in [-0.25, -0.2) is 9.48 Å². The number of nitro groups is 1. The van der Waals surface area contributed by atoms with Crippen LogP contribution in [0.15, 0.2) is 18.2 Å². The Balaban J connectivity index is 2.43. The molecule has 0 aliphatic rings. The third-order valence-corrected chi connectivity index (χ3v) is 3.03. The Morgan fingerprint density at radius 3 is 2.81 bits per heavy atom. The molecule has 9 nitrogen and oxygen atoms in total. The van der Waals surface area contributed by atoms with Gasteiger partial charge in [0.05, 0.1) is 22.7 Å². The topological polar surface area (TPSA) is 137 Å². The van der Waals surface area contributed by atoms with Crippen LogP contribution in [0.3, 0.4) is 0 Å². The lowest BCUT2D eigenvalue weighted by Gasteiger charge is -2.06. The van der Waals surface area contributed by atoms with Crippen LogP contribution < -0.4 is 5.73 Å². The number of carboxylic acids is 1. The van der Waals surface area contributed by atoms with E-state index in [4.69, 9.17) is 22.4 Å². The number of rotatable bonds is 5. The van der Waals surface area contributed by atoms with Crippen molar-refractivity contribution in [1.82, 2.24) is 15.0 Å². The van der Waals surface area contributed by atoms with Gasteiger partial charge in [0.1, 0.15) is 0 Å². The van der Waals surface area contributed by atoms with Crippen LogP contribution in [-0.4, -0.2) is 31.0 Å². The molecule has 110 valence electrons. The number of nitrogens with zero attached hydrogens (tertiary/aromatic N) is 4. The number of halogens is 1. The van der Waals surface area contributed by atoms with Crippen LogP contribution in [0.25, 0.3) is 0 Å². The molecule has 0 amide bonds. The average molecular weight is 312 g/mol. The van der Waals surface area contributed by atoms with E-state index in [1.807, 2.05) is 0 Å². The molecule has 0 atom stereocenters. The largest absolute Gasteiger partial charge is 0.476 e. The fourth-order valence-corrected chi connectivity index (χ4v) is 2.00. The van der Waals surface area contributed by atoms with Crippen molar-refractivity contribution in [3.63, 3.8) is 0 Å². The highest BCUT2D eigenvalue weighted by Gasteiger charge is 2.20. The van der Waals surface area contributed by atoms with Gasteiger partial charge in [-0.15, -0.1) is 5.10 Å². The smallest absolute Gasteiger partial charge is 0.358 e. The first-order chi connectivity index (χ1) is 9.93. The molecule has 0 fully saturated rings. The highest BCUT2D eigenvalue weighted by atomic mass is 35.5. The summed E-state index contributed by atoms with van der Waals surface area (Å²) in [5.41, 5.74) is 5.55. The Kier molecular flexibility index (Phi) is 4.15. The van der Waals surface area contributed by atoms with Crippen molar-refractivity contribution in [3.05, 3.63) is 50.3 Å². The number of aromatic carboxylic acids is 1. The van der Waals surface area contributed by atoms with Crippen LogP contribution >= 0.6 is 11.6 Å². The van der Waals surface area contributed by atoms with Crippen LogP contribution in [0.4, 0.5) is 5.69 Å². The average Bonchev–Trinajstić information content (AvgIpc) is 2.83. The maximum Gasteiger partial charge on any atom is 0.358 e. The lowest BCUT2D eigenvalue weighted by atomic mass is 10.1. The van der Waals surface area contributed by atoms with Gasteiger partial charge < -0.3 is 10.8 Å². The van der Waals surface area contributed by atoms with E-state index in [1.165, 1.54) is 22.9 Å². The maximum atomic E-state index is 11.0. The van der Waals surface area contributed by atoms with E-state index in [-0.39, 0.29) is 35.2 Å². The molecule has 1 aromatic carbocycles. The summed E-state index contributed by atoms with van der Waals surface area (Å²) in [6.45, 7) is -0.129. The molecule has 0 aliphatic carbocycles. The summed E-state index contributed by atoms with van der Waals surface area (Å²) in [4.78, 5) is 21.4. The first-order valence-electron chi connectivity index (χ1n) is 5.72. The molecule has 0 spiro atoms. The number of nitrogens with two attached hydrogens (primary N) is 1. The molecule has 3 N–H and O–H groups in total. The Morgan fingerprint density at radius 2 is 2.24 bits per heavy atom. The van der Waals surface area contributed by atoms with Gasteiger partial charge in [0.2, 0.25) is 0 Å². The molecule has 0 radical (unpaired) electrons. The molecule has 10 heteroatoms. The number of benzene rings is 1. The predicted molar refractivity (Wildman–Crippen MR) is 72.1 cm³/mol. The van der Waals surface area contributed by atoms with Crippen LogP contribution in [0.1, 0.15) is 21.7 Å². The Hall–Kier alpha value is -2.52. The standard InChI is InChI=1S/C11H10ClN5O4/c12-7-2-1-6(8(3-7)17(20)21)5-16-9(4-13)10(11(18)19)14-15-16/h1-3H,4-5,13H2,(H,18,19). The molecule has 0 saturated carbocycles. The number of carbonyl (C=O) groups is 1. The molecule has 1 aromatic heterocycles. The number of hydrogen-bond donors (Lipinski definition) is 2. The van der Waals surface area contributed by atoms with Gasteiger partial charge in [-0.1, -0.05) is 16.8 Å². The minimum Gasteiger partial charge on any atom is -0.476 e. The van der Waals surface area contributed by atoms with Crippen molar-refractivity contribution >= 4 is 23.3 Å². The van der Waals surface area contributed by atoms with E-state index in [0.29, 0.717) is 5.56 Å². The summed E-state index contributed by atoms with van der Waals surface area (Å²) < 4.78 is 1.22. The summed E-state index contributed by atoms with van der Waals surface area (Å²) in [5, 5.41) is 27.4. The van der Waals surface area contributed by atoms with Crippen molar-refractivity contribution in [2.24, 2.45) is 5.73 Å². The normalized spacial score (nSPS) is 10.6. The first-order valence-corrected chi connectivity index (χ1v) is 6.10. The van der Waals surface area contributed by atoms with Gasteiger partial charge in [-0.3, -0.25) is 10.1 Å². The SMILES string of the molecule is NCc1c(C(=O)O)nnn1Cc1ccc(Cl)cc1[N+](=O)[O-]. The Labute approximate surface area is 123 Å². The van der Waals surface area contributed by atoms with Crippen molar-refractivity contribution in [2.75, 3.05) is 0 Å². The van der Waals surface area contributed by atoms with Gasteiger partial charge in [0.25, 0.3) is 5.69 Å². The quantitative estimate of drug-likeness (QED) is 0.621. The van der Waals surface area contributed by atoms with E-state index >= 15 is 0 Å². The molecule has 0 bridgehead atoms. The third kappa shape index (κ3) is 2.98. The number of carboxylic acid groups (broad SMARTS) is 1. The van der Waals surface area contributed by atoms with Gasteiger partial charge in [0.15, 0.2) is 5.69 Å². The Bertz CT molecular complexity index is 715. The highest BCUT2D eigenvalue weighted by molar-refractivity contribution is 6.30. The minimum atomic E-state index is -1.26. The van der Waals surface area contributed by atoms with Gasteiger partial charge in [-0.05, 0) is 12.1 Å². The monoisotopic (exact) mass is 311 g/mol. The lowest BCUT2D eigenvalue weighted by Crippen LogP contribution is -2.13. The van der Waals surface area contributed by atoms with Crippen molar-refractivity contribution < 1.29 is 14.8 Å². The first kappa shape index (κ1) is 14.9. The summed E-state index contributed by atoms with van der Waals surface area (Å²) in [7, 11) is 0. The molecule has 0 saturated heterocycles. The minimum absolute atomic E-state index is 0.0275.